The quantitative estimate of drug-likeness (QED) is 0.751. The summed E-state index contributed by atoms with van der Waals surface area (Å²) in [7, 11) is 0. The van der Waals surface area contributed by atoms with Gasteiger partial charge in [-0.25, -0.2) is 0 Å². The fourth-order valence-corrected chi connectivity index (χ4v) is 3.86. The van der Waals surface area contributed by atoms with Crippen molar-refractivity contribution in [2.24, 2.45) is 22.7 Å². The highest BCUT2D eigenvalue weighted by Gasteiger charge is 2.66. The van der Waals surface area contributed by atoms with Gasteiger partial charge in [0.15, 0.2) is 0 Å². The zero-order valence-corrected chi connectivity index (χ0v) is 10.7. The van der Waals surface area contributed by atoms with Crippen LogP contribution >= 0.6 is 0 Å². The van der Waals surface area contributed by atoms with E-state index in [1.165, 1.54) is 12.8 Å². The summed E-state index contributed by atoms with van der Waals surface area (Å²) >= 11 is 0. The van der Waals surface area contributed by atoms with E-state index in [-0.39, 0.29) is 6.10 Å². The lowest BCUT2D eigenvalue weighted by molar-refractivity contribution is 0.0719. The molecule has 0 heterocycles. The second-order valence-electron chi connectivity index (χ2n) is 6.65. The molecule has 1 N–H and O–H groups in total. The molecule has 1 heteroatoms. The molecule has 0 spiro atoms. The minimum atomic E-state index is -0.0552. The van der Waals surface area contributed by atoms with E-state index in [1.54, 1.807) is 0 Å². The van der Waals surface area contributed by atoms with Gasteiger partial charge in [0, 0.05) is 0 Å². The summed E-state index contributed by atoms with van der Waals surface area (Å²) in [6.07, 6.45) is 5.86. The minimum absolute atomic E-state index is 0.0552. The first-order valence-electron chi connectivity index (χ1n) is 6.60. The van der Waals surface area contributed by atoms with Crippen LogP contribution in [-0.2, 0) is 0 Å². The van der Waals surface area contributed by atoms with E-state index in [4.69, 9.17) is 0 Å². The zero-order chi connectivity index (χ0) is 11.3. The molecule has 88 valence electrons. The average Bonchev–Trinajstić information content (AvgIpc) is 2.73. The van der Waals surface area contributed by atoms with Crippen LogP contribution in [-0.4, -0.2) is 11.2 Å². The molecule has 2 saturated carbocycles. The van der Waals surface area contributed by atoms with Crippen LogP contribution < -0.4 is 0 Å². The van der Waals surface area contributed by atoms with Gasteiger partial charge in [-0.05, 0) is 48.3 Å². The summed E-state index contributed by atoms with van der Waals surface area (Å²) in [6, 6.07) is 0. The topological polar surface area (TPSA) is 20.2 Å². The van der Waals surface area contributed by atoms with Crippen molar-refractivity contribution in [2.75, 3.05) is 0 Å². The van der Waals surface area contributed by atoms with E-state index < -0.39 is 0 Å². The predicted molar refractivity (Wildman–Crippen MR) is 63.6 cm³/mol. The smallest absolute Gasteiger partial charge is 0.0543 e. The molecule has 4 atom stereocenters. The van der Waals surface area contributed by atoms with Crippen molar-refractivity contribution in [1.29, 1.82) is 0 Å². The van der Waals surface area contributed by atoms with Gasteiger partial charge < -0.3 is 5.11 Å². The third-order valence-electron chi connectivity index (χ3n) is 5.65. The van der Waals surface area contributed by atoms with Crippen LogP contribution in [0.4, 0.5) is 0 Å². The standard InChI is InChI=1S/C14H26O/c1-5-6-12(15)8-10-7-11-9-14(11,4)13(10,2)3/h10-12,15H,5-9H2,1-4H3. The lowest BCUT2D eigenvalue weighted by Crippen LogP contribution is -2.30. The Balaban J connectivity index is 1.95. The Kier molecular flexibility index (Phi) is 2.65. The highest BCUT2D eigenvalue weighted by molar-refractivity contribution is 5.15. The van der Waals surface area contributed by atoms with Crippen LogP contribution in [0.3, 0.4) is 0 Å². The Morgan fingerprint density at radius 1 is 1.33 bits per heavy atom. The summed E-state index contributed by atoms with van der Waals surface area (Å²) < 4.78 is 0. The van der Waals surface area contributed by atoms with Gasteiger partial charge in [0.05, 0.1) is 6.10 Å². The minimum Gasteiger partial charge on any atom is -0.393 e. The molecule has 0 bridgehead atoms. The molecular formula is C14H26O. The Morgan fingerprint density at radius 3 is 2.47 bits per heavy atom. The van der Waals surface area contributed by atoms with E-state index in [1.807, 2.05) is 0 Å². The van der Waals surface area contributed by atoms with Gasteiger partial charge in [0.2, 0.25) is 0 Å². The largest absolute Gasteiger partial charge is 0.393 e. The Hall–Kier alpha value is -0.0400. The summed E-state index contributed by atoms with van der Waals surface area (Å²) in [5.41, 5.74) is 1.05. The molecule has 2 aliphatic carbocycles. The Bertz CT molecular complexity index is 246. The van der Waals surface area contributed by atoms with Gasteiger partial charge in [-0.1, -0.05) is 34.1 Å². The molecule has 0 aromatic carbocycles. The van der Waals surface area contributed by atoms with Gasteiger partial charge in [-0.3, -0.25) is 0 Å². The van der Waals surface area contributed by atoms with E-state index in [0.29, 0.717) is 10.8 Å². The van der Waals surface area contributed by atoms with Crippen LogP contribution in [0, 0.1) is 22.7 Å². The molecule has 0 aliphatic heterocycles. The molecule has 4 unspecified atom stereocenters. The number of hydrogen-bond acceptors (Lipinski definition) is 1. The maximum atomic E-state index is 9.93. The normalized spacial score (nSPS) is 43.8. The number of hydrogen-bond donors (Lipinski definition) is 1. The summed E-state index contributed by atoms with van der Waals surface area (Å²) in [4.78, 5) is 0. The van der Waals surface area contributed by atoms with Crippen molar-refractivity contribution in [3.8, 4) is 0 Å². The molecule has 2 fully saturated rings. The van der Waals surface area contributed by atoms with Crippen LogP contribution in [0.1, 0.15) is 59.8 Å². The van der Waals surface area contributed by atoms with Crippen molar-refractivity contribution in [1.82, 2.24) is 0 Å². The van der Waals surface area contributed by atoms with Crippen LogP contribution in [0.15, 0.2) is 0 Å². The van der Waals surface area contributed by atoms with Crippen molar-refractivity contribution in [2.45, 2.75) is 65.9 Å². The Morgan fingerprint density at radius 2 is 2.00 bits per heavy atom. The number of fused-ring (bicyclic) bond motifs is 1. The average molecular weight is 210 g/mol. The molecule has 0 aromatic heterocycles. The lowest BCUT2D eigenvalue weighted by Gasteiger charge is -2.36. The van der Waals surface area contributed by atoms with Crippen LogP contribution in [0.2, 0.25) is 0 Å². The van der Waals surface area contributed by atoms with Crippen molar-refractivity contribution in [3.05, 3.63) is 0 Å². The second-order valence-corrected chi connectivity index (χ2v) is 6.65. The summed E-state index contributed by atoms with van der Waals surface area (Å²) in [6.45, 7) is 9.44. The van der Waals surface area contributed by atoms with Crippen LogP contribution in [0.5, 0.6) is 0 Å². The highest BCUT2D eigenvalue weighted by Crippen LogP contribution is 2.74. The number of aliphatic hydroxyl groups excluding tert-OH is 1. The number of aliphatic hydroxyl groups is 1. The molecule has 0 saturated heterocycles. The molecule has 0 radical (unpaired) electrons. The third-order valence-corrected chi connectivity index (χ3v) is 5.65. The monoisotopic (exact) mass is 210 g/mol. The highest BCUT2D eigenvalue weighted by atomic mass is 16.3. The number of rotatable bonds is 4. The van der Waals surface area contributed by atoms with E-state index >= 15 is 0 Å². The SMILES string of the molecule is CCCC(O)CC1CC2CC2(C)C1(C)C. The maximum Gasteiger partial charge on any atom is 0.0543 e. The van der Waals surface area contributed by atoms with Crippen molar-refractivity contribution >= 4 is 0 Å². The second kappa shape index (κ2) is 3.48. The van der Waals surface area contributed by atoms with Gasteiger partial charge in [-0.2, -0.15) is 0 Å². The Labute approximate surface area is 94.3 Å². The van der Waals surface area contributed by atoms with E-state index in [2.05, 4.69) is 27.7 Å². The first-order valence-corrected chi connectivity index (χ1v) is 6.60. The summed E-state index contributed by atoms with van der Waals surface area (Å²) in [5, 5.41) is 9.93. The third kappa shape index (κ3) is 1.63. The first-order chi connectivity index (χ1) is 6.91. The summed E-state index contributed by atoms with van der Waals surface area (Å²) in [5.74, 6) is 1.72. The molecule has 2 rings (SSSR count). The first kappa shape index (κ1) is 11.4. The molecule has 1 nitrogen and oxygen atoms in total. The predicted octanol–water partition coefficient (Wildman–Crippen LogP) is 3.61. The van der Waals surface area contributed by atoms with Gasteiger partial charge in [-0.15, -0.1) is 0 Å². The van der Waals surface area contributed by atoms with E-state index in [0.717, 1.165) is 31.1 Å². The van der Waals surface area contributed by atoms with Gasteiger partial charge in [0.1, 0.15) is 0 Å². The fourth-order valence-electron chi connectivity index (χ4n) is 3.86. The van der Waals surface area contributed by atoms with Crippen LogP contribution in [0.25, 0.3) is 0 Å². The lowest BCUT2D eigenvalue weighted by atomic mass is 9.69. The van der Waals surface area contributed by atoms with Crippen molar-refractivity contribution < 1.29 is 5.11 Å². The van der Waals surface area contributed by atoms with Gasteiger partial charge >= 0.3 is 0 Å². The molecule has 2 aliphatic rings. The maximum absolute atomic E-state index is 9.93. The molecular weight excluding hydrogens is 184 g/mol. The van der Waals surface area contributed by atoms with E-state index in [9.17, 15) is 5.11 Å². The fraction of sp³-hybridized carbons (Fsp3) is 1.00. The molecule has 0 amide bonds. The van der Waals surface area contributed by atoms with Crippen molar-refractivity contribution in [3.63, 3.8) is 0 Å². The molecule has 0 aromatic rings. The molecule has 15 heavy (non-hydrogen) atoms. The van der Waals surface area contributed by atoms with Gasteiger partial charge in [0.25, 0.3) is 0 Å². The zero-order valence-electron chi connectivity index (χ0n) is 10.7.